The Labute approximate surface area is 149 Å². The molecule has 2 fully saturated rings. The molecule has 7 nitrogen and oxygen atoms in total. The topological polar surface area (TPSA) is 80.5 Å². The zero-order chi connectivity index (χ0) is 17.8. The lowest BCUT2D eigenvalue weighted by Gasteiger charge is -2.29. The average molecular weight is 350 g/mol. The van der Waals surface area contributed by atoms with Gasteiger partial charge in [0.1, 0.15) is 6.04 Å². The molecule has 140 valence electrons. The van der Waals surface area contributed by atoms with Crippen molar-refractivity contribution in [2.24, 2.45) is 5.92 Å². The van der Waals surface area contributed by atoms with E-state index in [9.17, 15) is 4.79 Å². The maximum absolute atomic E-state index is 12.6. The van der Waals surface area contributed by atoms with E-state index in [1.54, 1.807) is 0 Å². The van der Waals surface area contributed by atoms with Gasteiger partial charge in [-0.1, -0.05) is 19.0 Å². The summed E-state index contributed by atoms with van der Waals surface area (Å²) in [5.41, 5.74) is 0. The summed E-state index contributed by atoms with van der Waals surface area (Å²) in [7, 11) is 0. The van der Waals surface area contributed by atoms with Crippen LogP contribution >= 0.6 is 0 Å². The van der Waals surface area contributed by atoms with E-state index in [-0.39, 0.29) is 23.8 Å². The molecular weight excluding hydrogens is 320 g/mol. The highest BCUT2D eigenvalue weighted by atomic mass is 16.5. The van der Waals surface area contributed by atoms with Gasteiger partial charge in [0.15, 0.2) is 5.82 Å². The van der Waals surface area contributed by atoms with Crippen molar-refractivity contribution in [2.45, 2.75) is 64.5 Å². The first-order valence-electron chi connectivity index (χ1n) is 9.49. The predicted molar refractivity (Wildman–Crippen MR) is 93.1 cm³/mol. The van der Waals surface area contributed by atoms with E-state index in [4.69, 9.17) is 9.26 Å². The highest BCUT2D eigenvalue weighted by Crippen LogP contribution is 2.30. The molecular formula is C18H30N4O3. The van der Waals surface area contributed by atoms with E-state index in [2.05, 4.69) is 27.3 Å². The van der Waals surface area contributed by atoms with Crippen molar-refractivity contribution >= 4 is 5.91 Å². The summed E-state index contributed by atoms with van der Waals surface area (Å²) >= 11 is 0. The van der Waals surface area contributed by atoms with Gasteiger partial charge >= 0.3 is 0 Å². The lowest BCUT2D eigenvalue weighted by atomic mass is 9.91. The summed E-state index contributed by atoms with van der Waals surface area (Å²) in [4.78, 5) is 19.4. The van der Waals surface area contributed by atoms with Gasteiger partial charge in [0.25, 0.3) is 0 Å². The van der Waals surface area contributed by atoms with E-state index in [1.165, 1.54) is 6.42 Å². The van der Waals surface area contributed by atoms with Crippen molar-refractivity contribution in [2.75, 3.05) is 26.3 Å². The number of ether oxygens (including phenoxy) is 1. The van der Waals surface area contributed by atoms with Gasteiger partial charge in [-0.25, -0.2) is 0 Å². The molecule has 0 aromatic carbocycles. The van der Waals surface area contributed by atoms with Crippen LogP contribution in [0.2, 0.25) is 0 Å². The molecule has 0 spiro atoms. The smallest absolute Gasteiger partial charge is 0.249 e. The standard InChI is InChI=1S/C18H30N4O3/c1-12(2)17-20-18(25-21-17)16(14-6-9-24-10-7-14)19-15(23)11-22-8-4-5-13(22)3/h12-14,16H,4-11H2,1-3H3,(H,19,23). The van der Waals surface area contributed by atoms with E-state index in [0.29, 0.717) is 37.5 Å². The average Bonchev–Trinajstić information content (AvgIpc) is 3.23. The van der Waals surface area contributed by atoms with Crippen LogP contribution in [0.5, 0.6) is 0 Å². The van der Waals surface area contributed by atoms with Crippen LogP contribution in [0.4, 0.5) is 0 Å². The number of amides is 1. The molecule has 3 rings (SSSR count). The molecule has 3 heterocycles. The fraction of sp³-hybridized carbons (Fsp3) is 0.833. The largest absolute Gasteiger partial charge is 0.381 e. The molecule has 7 heteroatoms. The second-order valence-electron chi connectivity index (χ2n) is 7.60. The molecule has 2 aliphatic rings. The van der Waals surface area contributed by atoms with Gasteiger partial charge in [0.05, 0.1) is 6.54 Å². The second-order valence-corrected chi connectivity index (χ2v) is 7.60. The molecule has 2 atom stereocenters. The van der Waals surface area contributed by atoms with Gasteiger partial charge < -0.3 is 14.6 Å². The van der Waals surface area contributed by atoms with Gasteiger partial charge in [-0.15, -0.1) is 0 Å². The first kappa shape index (κ1) is 18.3. The Morgan fingerprint density at radius 2 is 2.08 bits per heavy atom. The third-order valence-electron chi connectivity index (χ3n) is 5.33. The Hall–Kier alpha value is -1.47. The maximum Gasteiger partial charge on any atom is 0.249 e. The van der Waals surface area contributed by atoms with Crippen LogP contribution in [-0.4, -0.2) is 53.3 Å². The SMILES string of the molecule is CC(C)c1noc(C(NC(=O)CN2CCCC2C)C2CCOCC2)n1. The third-order valence-corrected chi connectivity index (χ3v) is 5.33. The van der Waals surface area contributed by atoms with Gasteiger partial charge in [0, 0.05) is 25.2 Å². The van der Waals surface area contributed by atoms with E-state index in [0.717, 1.165) is 25.8 Å². The van der Waals surface area contributed by atoms with Crippen molar-refractivity contribution in [3.05, 3.63) is 11.7 Å². The molecule has 0 aliphatic carbocycles. The highest BCUT2D eigenvalue weighted by molar-refractivity contribution is 5.78. The molecule has 25 heavy (non-hydrogen) atoms. The van der Waals surface area contributed by atoms with E-state index < -0.39 is 0 Å². The summed E-state index contributed by atoms with van der Waals surface area (Å²) in [5, 5.41) is 7.25. The molecule has 1 aromatic rings. The molecule has 1 aromatic heterocycles. The molecule has 1 N–H and O–H groups in total. The van der Waals surface area contributed by atoms with Crippen molar-refractivity contribution in [3.63, 3.8) is 0 Å². The lowest BCUT2D eigenvalue weighted by molar-refractivity contribution is -0.124. The Morgan fingerprint density at radius 3 is 2.68 bits per heavy atom. The molecule has 2 unspecified atom stereocenters. The fourth-order valence-corrected chi connectivity index (χ4v) is 3.67. The van der Waals surface area contributed by atoms with Crippen LogP contribution < -0.4 is 5.32 Å². The summed E-state index contributed by atoms with van der Waals surface area (Å²) in [5.74, 6) is 1.73. The Kier molecular flexibility index (Phi) is 6.06. The predicted octanol–water partition coefficient (Wildman–Crippen LogP) is 2.26. The number of aromatic nitrogens is 2. The van der Waals surface area contributed by atoms with Gasteiger partial charge in [-0.2, -0.15) is 4.98 Å². The number of nitrogens with one attached hydrogen (secondary N) is 1. The number of rotatable bonds is 6. The number of hydrogen-bond donors (Lipinski definition) is 1. The number of hydrogen-bond acceptors (Lipinski definition) is 6. The molecule has 2 saturated heterocycles. The summed E-state index contributed by atoms with van der Waals surface area (Å²) in [6.07, 6.45) is 4.12. The van der Waals surface area contributed by atoms with Crippen LogP contribution in [-0.2, 0) is 9.53 Å². The van der Waals surface area contributed by atoms with Crippen LogP contribution in [0.25, 0.3) is 0 Å². The number of carbonyl (C=O) groups is 1. The van der Waals surface area contributed by atoms with Crippen LogP contribution in [0.1, 0.15) is 70.1 Å². The minimum atomic E-state index is -0.227. The minimum absolute atomic E-state index is 0.0366. The highest BCUT2D eigenvalue weighted by Gasteiger charge is 2.32. The number of nitrogens with zero attached hydrogens (tertiary/aromatic N) is 3. The minimum Gasteiger partial charge on any atom is -0.381 e. The normalized spacial score (nSPS) is 23.9. The first-order valence-corrected chi connectivity index (χ1v) is 9.49. The van der Waals surface area contributed by atoms with Crippen LogP contribution in [0, 0.1) is 5.92 Å². The van der Waals surface area contributed by atoms with Crippen molar-refractivity contribution in [3.8, 4) is 0 Å². The third kappa shape index (κ3) is 4.58. The Balaban J connectivity index is 1.70. The summed E-state index contributed by atoms with van der Waals surface area (Å²) in [6, 6.07) is 0.248. The zero-order valence-electron chi connectivity index (χ0n) is 15.5. The van der Waals surface area contributed by atoms with E-state index >= 15 is 0 Å². The number of carbonyl (C=O) groups excluding carboxylic acids is 1. The zero-order valence-corrected chi connectivity index (χ0v) is 15.5. The van der Waals surface area contributed by atoms with E-state index in [1.807, 2.05) is 13.8 Å². The Morgan fingerprint density at radius 1 is 1.32 bits per heavy atom. The fourth-order valence-electron chi connectivity index (χ4n) is 3.67. The quantitative estimate of drug-likeness (QED) is 0.848. The molecule has 0 bridgehead atoms. The monoisotopic (exact) mass is 350 g/mol. The van der Waals surface area contributed by atoms with Gasteiger partial charge in [-0.05, 0) is 45.1 Å². The van der Waals surface area contributed by atoms with Crippen molar-refractivity contribution in [1.29, 1.82) is 0 Å². The molecule has 2 aliphatic heterocycles. The van der Waals surface area contributed by atoms with Gasteiger partial charge in [0.2, 0.25) is 11.8 Å². The maximum atomic E-state index is 12.6. The number of likely N-dealkylation sites (tertiary alicyclic amines) is 1. The first-order chi connectivity index (χ1) is 12.0. The van der Waals surface area contributed by atoms with Crippen molar-refractivity contribution in [1.82, 2.24) is 20.4 Å². The van der Waals surface area contributed by atoms with Crippen LogP contribution in [0.3, 0.4) is 0 Å². The summed E-state index contributed by atoms with van der Waals surface area (Å²) in [6.45, 7) is 9.11. The molecule has 0 radical (unpaired) electrons. The molecule has 1 amide bonds. The summed E-state index contributed by atoms with van der Waals surface area (Å²) < 4.78 is 11.0. The van der Waals surface area contributed by atoms with Gasteiger partial charge in [-0.3, -0.25) is 9.69 Å². The Bertz CT molecular complexity index is 568. The van der Waals surface area contributed by atoms with Crippen LogP contribution in [0.15, 0.2) is 4.52 Å². The van der Waals surface area contributed by atoms with Crippen molar-refractivity contribution < 1.29 is 14.1 Å². The lowest BCUT2D eigenvalue weighted by Crippen LogP contribution is -2.43. The molecule has 0 saturated carbocycles. The second kappa shape index (κ2) is 8.27.